The molecule has 0 fully saturated rings. The summed E-state index contributed by atoms with van der Waals surface area (Å²) < 4.78 is 15.6. The Hall–Kier alpha value is -4.08. The second-order valence-electron chi connectivity index (χ2n) is 6.58. The predicted octanol–water partition coefficient (Wildman–Crippen LogP) is 0.767. The largest absolute Gasteiger partial charge is 0.493 e. The molecule has 4 N–H and O–H groups in total. The van der Waals surface area contributed by atoms with Crippen molar-refractivity contribution in [2.75, 3.05) is 27.4 Å². The van der Waals surface area contributed by atoms with Gasteiger partial charge >= 0.3 is 0 Å². The van der Waals surface area contributed by atoms with Crippen molar-refractivity contribution in [2.45, 2.75) is 12.8 Å². The highest BCUT2D eigenvalue weighted by molar-refractivity contribution is 5.97. The maximum Gasteiger partial charge on any atom is 0.255 e. The van der Waals surface area contributed by atoms with Crippen LogP contribution in [0.3, 0.4) is 0 Å². The minimum atomic E-state index is -0.566. The number of hydrogen-bond acceptors (Lipinski definition) is 7. The number of benzene rings is 2. The fourth-order valence-electron chi connectivity index (χ4n) is 2.61. The Kier molecular flexibility index (Phi) is 9.51. The molecule has 0 saturated carbocycles. The van der Waals surface area contributed by atoms with E-state index >= 15 is 0 Å². The van der Waals surface area contributed by atoms with Crippen LogP contribution in [0.4, 0.5) is 0 Å². The molecule has 3 amide bonds. The summed E-state index contributed by atoms with van der Waals surface area (Å²) in [6, 6.07) is 12.2. The number of methoxy groups -OCH3 is 2. The third-order valence-corrected chi connectivity index (χ3v) is 4.17. The number of nitrogens with zero attached hydrogens (tertiary/aromatic N) is 1. The lowest BCUT2D eigenvalue weighted by molar-refractivity contribution is -0.129. The highest BCUT2D eigenvalue weighted by Crippen LogP contribution is 2.27. The highest BCUT2D eigenvalue weighted by atomic mass is 16.5. The lowest BCUT2D eigenvalue weighted by Gasteiger charge is -2.10. The SMILES string of the molecule is COc1ccc(CCNC(=O)CC(=O)N/N=C\c2ccc(OCC(N)=O)cc2)cc1OC. The number of nitrogens with two attached hydrogens (primary N) is 1. The molecule has 0 spiro atoms. The summed E-state index contributed by atoms with van der Waals surface area (Å²) in [7, 11) is 3.12. The van der Waals surface area contributed by atoms with E-state index < -0.39 is 17.7 Å². The van der Waals surface area contributed by atoms with Crippen LogP contribution in [0.1, 0.15) is 17.5 Å². The Morgan fingerprint density at radius 2 is 1.72 bits per heavy atom. The van der Waals surface area contributed by atoms with Crippen molar-refractivity contribution in [1.29, 1.82) is 0 Å². The second kappa shape index (κ2) is 12.6. The zero-order valence-electron chi connectivity index (χ0n) is 17.9. The molecule has 0 aliphatic carbocycles. The van der Waals surface area contributed by atoms with E-state index in [2.05, 4.69) is 15.8 Å². The van der Waals surface area contributed by atoms with Gasteiger partial charge in [0.15, 0.2) is 18.1 Å². The van der Waals surface area contributed by atoms with Crippen LogP contribution in [0.15, 0.2) is 47.6 Å². The molecule has 0 bridgehead atoms. The summed E-state index contributed by atoms with van der Waals surface area (Å²) in [6.07, 6.45) is 1.65. The monoisotopic (exact) mass is 442 g/mol. The zero-order valence-corrected chi connectivity index (χ0v) is 17.9. The number of rotatable bonds is 12. The van der Waals surface area contributed by atoms with Gasteiger partial charge in [-0.3, -0.25) is 14.4 Å². The van der Waals surface area contributed by atoms with E-state index in [1.165, 1.54) is 6.21 Å². The average Bonchev–Trinajstić information content (AvgIpc) is 2.78. The van der Waals surface area contributed by atoms with Crippen LogP contribution in [0.2, 0.25) is 0 Å². The number of ether oxygens (including phenoxy) is 3. The Bertz CT molecular complexity index is 959. The van der Waals surface area contributed by atoms with E-state index in [1.807, 2.05) is 12.1 Å². The van der Waals surface area contributed by atoms with Gasteiger partial charge in [-0.25, -0.2) is 5.43 Å². The third kappa shape index (κ3) is 8.34. The van der Waals surface area contributed by atoms with Crippen molar-refractivity contribution in [2.24, 2.45) is 10.8 Å². The molecule has 32 heavy (non-hydrogen) atoms. The van der Waals surface area contributed by atoms with Gasteiger partial charge < -0.3 is 25.3 Å². The van der Waals surface area contributed by atoms with Crippen molar-refractivity contribution in [3.63, 3.8) is 0 Å². The van der Waals surface area contributed by atoms with E-state index in [0.29, 0.717) is 35.8 Å². The molecule has 10 heteroatoms. The Balaban J connectivity index is 1.70. The first-order valence-electron chi connectivity index (χ1n) is 9.72. The lowest BCUT2D eigenvalue weighted by Crippen LogP contribution is -2.31. The Morgan fingerprint density at radius 3 is 2.38 bits per heavy atom. The molecule has 10 nitrogen and oxygen atoms in total. The smallest absolute Gasteiger partial charge is 0.255 e. The van der Waals surface area contributed by atoms with Crippen LogP contribution in [-0.4, -0.2) is 51.3 Å². The van der Waals surface area contributed by atoms with Gasteiger partial charge in [0, 0.05) is 6.54 Å². The standard InChI is InChI=1S/C22H26N4O6/c1-30-18-8-5-15(11-19(18)31-2)9-10-24-21(28)12-22(29)26-25-13-16-3-6-17(7-4-16)32-14-20(23)27/h3-8,11,13H,9-10,12,14H2,1-2H3,(H2,23,27)(H,24,28)(H,26,29)/b25-13-. The van der Waals surface area contributed by atoms with E-state index in [4.69, 9.17) is 19.9 Å². The summed E-state index contributed by atoms with van der Waals surface area (Å²) in [5.74, 6) is 0.213. The van der Waals surface area contributed by atoms with Crippen LogP contribution in [0.25, 0.3) is 0 Å². The summed E-state index contributed by atoms with van der Waals surface area (Å²) in [5.41, 5.74) is 8.96. The van der Waals surface area contributed by atoms with Crippen LogP contribution in [0.5, 0.6) is 17.2 Å². The molecule has 0 heterocycles. The van der Waals surface area contributed by atoms with E-state index in [0.717, 1.165) is 5.56 Å². The second-order valence-corrected chi connectivity index (χ2v) is 6.58. The highest BCUT2D eigenvalue weighted by Gasteiger charge is 2.09. The van der Waals surface area contributed by atoms with Crippen molar-refractivity contribution < 1.29 is 28.6 Å². The summed E-state index contributed by atoms with van der Waals surface area (Å²) in [6.45, 7) is 0.162. The minimum Gasteiger partial charge on any atom is -0.493 e. The number of nitrogens with one attached hydrogen (secondary N) is 2. The van der Waals surface area contributed by atoms with Gasteiger partial charge in [-0.2, -0.15) is 5.10 Å². The summed E-state index contributed by atoms with van der Waals surface area (Å²) in [5, 5.41) is 6.51. The first-order chi connectivity index (χ1) is 15.4. The quantitative estimate of drug-likeness (QED) is 0.252. The Morgan fingerprint density at radius 1 is 1.00 bits per heavy atom. The molecule has 0 saturated heterocycles. The normalized spacial score (nSPS) is 10.4. The number of carbonyl (C=O) groups excluding carboxylic acids is 3. The van der Waals surface area contributed by atoms with Gasteiger partial charge in [0.05, 0.1) is 20.4 Å². The molecule has 2 aromatic carbocycles. The van der Waals surface area contributed by atoms with Crippen LogP contribution in [-0.2, 0) is 20.8 Å². The number of hydrazone groups is 1. The summed E-state index contributed by atoms with van der Waals surface area (Å²) in [4.78, 5) is 34.5. The van der Waals surface area contributed by atoms with Gasteiger partial charge in [-0.05, 0) is 53.9 Å². The third-order valence-electron chi connectivity index (χ3n) is 4.17. The maximum atomic E-state index is 11.9. The predicted molar refractivity (Wildman–Crippen MR) is 118 cm³/mol. The van der Waals surface area contributed by atoms with Crippen LogP contribution >= 0.6 is 0 Å². The molecule has 0 atom stereocenters. The van der Waals surface area contributed by atoms with E-state index in [-0.39, 0.29) is 13.0 Å². The van der Waals surface area contributed by atoms with E-state index in [1.54, 1.807) is 44.6 Å². The maximum absolute atomic E-state index is 11.9. The van der Waals surface area contributed by atoms with Gasteiger partial charge in [0.25, 0.3) is 5.91 Å². The molecular weight excluding hydrogens is 416 g/mol. The van der Waals surface area contributed by atoms with Crippen LogP contribution < -0.4 is 30.7 Å². The molecule has 0 unspecified atom stereocenters. The van der Waals surface area contributed by atoms with Crippen molar-refractivity contribution in [1.82, 2.24) is 10.7 Å². The number of amides is 3. The van der Waals surface area contributed by atoms with Crippen molar-refractivity contribution in [3.05, 3.63) is 53.6 Å². The molecule has 0 aromatic heterocycles. The fraction of sp³-hybridized carbons (Fsp3) is 0.273. The molecule has 0 radical (unpaired) electrons. The first-order valence-corrected chi connectivity index (χ1v) is 9.72. The number of hydrogen-bond donors (Lipinski definition) is 3. The molecule has 170 valence electrons. The van der Waals surface area contributed by atoms with E-state index in [9.17, 15) is 14.4 Å². The fourth-order valence-corrected chi connectivity index (χ4v) is 2.61. The summed E-state index contributed by atoms with van der Waals surface area (Å²) >= 11 is 0. The molecule has 2 rings (SSSR count). The topological polar surface area (TPSA) is 141 Å². The van der Waals surface area contributed by atoms with Gasteiger partial charge in [-0.1, -0.05) is 6.07 Å². The van der Waals surface area contributed by atoms with Gasteiger partial charge in [-0.15, -0.1) is 0 Å². The molecule has 0 aliphatic rings. The van der Waals surface area contributed by atoms with Gasteiger partial charge in [0.1, 0.15) is 12.2 Å². The minimum absolute atomic E-state index is 0.208. The first kappa shape index (κ1) is 24.2. The number of carbonyl (C=O) groups is 3. The lowest BCUT2D eigenvalue weighted by atomic mass is 10.1. The molecule has 0 aliphatic heterocycles. The van der Waals surface area contributed by atoms with Crippen molar-refractivity contribution in [3.8, 4) is 17.2 Å². The van der Waals surface area contributed by atoms with Gasteiger partial charge in [0.2, 0.25) is 11.8 Å². The number of primary amides is 1. The Labute approximate surface area is 185 Å². The molecular formula is C22H26N4O6. The molecule has 2 aromatic rings. The van der Waals surface area contributed by atoms with Crippen molar-refractivity contribution >= 4 is 23.9 Å². The van der Waals surface area contributed by atoms with Crippen LogP contribution in [0, 0.1) is 0 Å². The zero-order chi connectivity index (χ0) is 23.3. The average molecular weight is 442 g/mol.